The van der Waals surface area contributed by atoms with Gasteiger partial charge in [-0.15, -0.1) is 0 Å². The van der Waals surface area contributed by atoms with Gasteiger partial charge in [0.2, 0.25) is 5.60 Å². The van der Waals surface area contributed by atoms with E-state index in [-0.39, 0.29) is 5.41 Å². The Balaban J connectivity index is 1.49. The van der Waals surface area contributed by atoms with Crippen LogP contribution in [0.5, 0.6) is 0 Å². The van der Waals surface area contributed by atoms with Crippen molar-refractivity contribution in [2.24, 2.45) is 0 Å². The Morgan fingerprint density at radius 3 is 1.81 bits per heavy atom. The summed E-state index contributed by atoms with van der Waals surface area (Å²) in [4.78, 5) is 0. The molecule has 1 saturated heterocycles. The molecule has 0 saturated carbocycles. The van der Waals surface area contributed by atoms with E-state index in [2.05, 4.69) is 113 Å². The molecule has 1 aliphatic heterocycles. The molecule has 36 heavy (non-hydrogen) atoms. The first-order chi connectivity index (χ1) is 17.1. The van der Waals surface area contributed by atoms with Crippen LogP contribution in [0.2, 0.25) is 0 Å². The molecule has 1 unspecified atom stereocenters. The van der Waals surface area contributed by atoms with Gasteiger partial charge in [0.1, 0.15) is 5.60 Å². The minimum Gasteiger partial charge on any atom is -0.395 e. The maximum Gasteiger partial charge on any atom is 0.498 e. The molecule has 5 aromatic rings. The highest BCUT2D eigenvalue weighted by Gasteiger charge is 2.57. The molecule has 2 nitrogen and oxygen atoms in total. The molecule has 0 N–H and O–H groups in total. The van der Waals surface area contributed by atoms with Gasteiger partial charge in [0.15, 0.2) is 0 Å². The van der Waals surface area contributed by atoms with Gasteiger partial charge in [0, 0.05) is 12.3 Å². The average molecular weight is 469 g/mol. The normalized spacial score (nSPS) is 21.9. The molecule has 7 rings (SSSR count). The van der Waals surface area contributed by atoms with E-state index in [0.29, 0.717) is 0 Å². The zero-order valence-corrected chi connectivity index (χ0v) is 21.6. The van der Waals surface area contributed by atoms with Gasteiger partial charge in [0.05, 0.1) is 6.92 Å². The molecule has 5 aromatic carbocycles. The van der Waals surface area contributed by atoms with Gasteiger partial charge in [-0.3, -0.25) is 0 Å². The van der Waals surface area contributed by atoms with E-state index in [9.17, 15) is 0 Å². The molecule has 176 valence electrons. The van der Waals surface area contributed by atoms with Crippen LogP contribution in [0.25, 0.3) is 43.4 Å². The lowest BCUT2D eigenvalue weighted by Gasteiger charge is -2.25. The highest BCUT2D eigenvalue weighted by molar-refractivity contribution is 6.62. The van der Waals surface area contributed by atoms with E-state index >= 15 is 0 Å². The third-order valence-corrected chi connectivity index (χ3v) is 8.86. The third kappa shape index (κ3) is 2.73. The Kier molecular flexibility index (Phi) is 4.23. The van der Waals surface area contributed by atoms with Crippen molar-refractivity contribution in [3.63, 3.8) is 0 Å². The van der Waals surface area contributed by atoms with E-state index in [1.54, 1.807) is 0 Å². The number of hydrogen-bond donors (Lipinski definition) is 0. The lowest BCUT2D eigenvalue weighted by molar-refractivity contribution is 0.0262. The van der Waals surface area contributed by atoms with Crippen molar-refractivity contribution in [1.82, 2.24) is 0 Å². The van der Waals surface area contributed by atoms with E-state index in [1.807, 2.05) is 6.92 Å². The Hall–Kier alpha value is -3.27. The summed E-state index contributed by atoms with van der Waals surface area (Å²) in [5, 5.41) is 7.94. The van der Waals surface area contributed by atoms with E-state index < -0.39 is 18.3 Å². The molecule has 0 radical (unpaired) electrons. The smallest absolute Gasteiger partial charge is 0.395 e. The molecule has 2 aliphatic rings. The SMILES string of the molecule is [CH2+]C1(C)OB(c2ccc3c(c2)C(C)(C)c2c-3ccc3c4ccccc4c4ccccc4c23)OC1(C)C. The summed E-state index contributed by atoms with van der Waals surface area (Å²) in [7, 11) is -0.422. The largest absolute Gasteiger partial charge is 0.498 e. The number of fused-ring (bicyclic) bond motifs is 10. The van der Waals surface area contributed by atoms with Crippen molar-refractivity contribution in [2.75, 3.05) is 0 Å². The zero-order chi connectivity index (χ0) is 25.0. The molecule has 0 amide bonds. The predicted molar refractivity (Wildman–Crippen MR) is 152 cm³/mol. The Morgan fingerprint density at radius 1 is 0.639 bits per heavy atom. The van der Waals surface area contributed by atoms with Gasteiger partial charge >= 0.3 is 7.12 Å². The van der Waals surface area contributed by atoms with Crippen molar-refractivity contribution >= 4 is 44.9 Å². The topological polar surface area (TPSA) is 18.5 Å². The molecule has 0 aromatic heterocycles. The molecular formula is C33H30BO2+. The minimum absolute atomic E-state index is 0.173. The summed E-state index contributed by atoms with van der Waals surface area (Å²) in [6.45, 7) is 15.1. The van der Waals surface area contributed by atoms with Crippen LogP contribution in [0, 0.1) is 6.92 Å². The highest BCUT2D eigenvalue weighted by atomic mass is 16.7. The standard InChI is InChI=1S/C33H30BO2/c1-31(2)28-19-20(34-35-32(3,4)33(5,6)36-34)15-16-24(28)27-18-17-26-23-13-8-7-11-21(23)22-12-9-10-14-25(22)29(26)30(27)31/h7-19H,3H2,1-2,4-6H3/q+1. The van der Waals surface area contributed by atoms with Gasteiger partial charge in [0.25, 0.3) is 0 Å². The molecule has 0 bridgehead atoms. The second kappa shape index (κ2) is 6.94. The number of rotatable bonds is 1. The summed E-state index contributed by atoms with van der Waals surface area (Å²) < 4.78 is 12.6. The lowest BCUT2D eigenvalue weighted by atomic mass is 9.74. The van der Waals surface area contributed by atoms with Crippen LogP contribution in [0.1, 0.15) is 45.7 Å². The van der Waals surface area contributed by atoms with Crippen molar-refractivity contribution in [3.05, 3.63) is 96.9 Å². The van der Waals surface area contributed by atoms with E-state index in [4.69, 9.17) is 9.31 Å². The van der Waals surface area contributed by atoms with Crippen LogP contribution >= 0.6 is 0 Å². The first-order valence-electron chi connectivity index (χ1n) is 12.8. The fourth-order valence-electron chi connectivity index (χ4n) is 6.39. The second-order valence-electron chi connectivity index (χ2n) is 11.7. The zero-order valence-electron chi connectivity index (χ0n) is 21.6. The quantitative estimate of drug-likeness (QED) is 0.143. The molecular weight excluding hydrogens is 439 g/mol. The maximum absolute atomic E-state index is 6.35. The van der Waals surface area contributed by atoms with Crippen LogP contribution in [0.3, 0.4) is 0 Å². The maximum atomic E-state index is 6.35. The fourth-order valence-corrected chi connectivity index (χ4v) is 6.39. The van der Waals surface area contributed by atoms with Crippen LogP contribution in [-0.2, 0) is 14.7 Å². The second-order valence-corrected chi connectivity index (χ2v) is 11.7. The predicted octanol–water partition coefficient (Wildman–Crippen LogP) is 7.57. The monoisotopic (exact) mass is 469 g/mol. The van der Waals surface area contributed by atoms with Crippen LogP contribution in [0.4, 0.5) is 0 Å². The average Bonchev–Trinajstić information content (AvgIpc) is 3.23. The molecule has 1 heterocycles. The Morgan fingerprint density at radius 2 is 1.19 bits per heavy atom. The summed E-state index contributed by atoms with van der Waals surface area (Å²) in [6.07, 6.45) is 0. The van der Waals surface area contributed by atoms with Crippen molar-refractivity contribution in [3.8, 4) is 11.1 Å². The number of benzene rings is 5. The van der Waals surface area contributed by atoms with Gasteiger partial charge in [-0.05, 0) is 73.9 Å². The minimum atomic E-state index is -0.606. The van der Waals surface area contributed by atoms with E-state index in [1.165, 1.54) is 54.6 Å². The molecule has 1 fully saturated rings. The molecule has 3 heteroatoms. The first-order valence-corrected chi connectivity index (χ1v) is 12.8. The summed E-state index contributed by atoms with van der Waals surface area (Å²) >= 11 is 0. The Labute approximate surface area is 213 Å². The van der Waals surface area contributed by atoms with Gasteiger partial charge < -0.3 is 9.31 Å². The van der Waals surface area contributed by atoms with Gasteiger partial charge in [-0.2, -0.15) is 0 Å². The van der Waals surface area contributed by atoms with Crippen LogP contribution in [-0.4, -0.2) is 18.3 Å². The summed E-state index contributed by atoms with van der Waals surface area (Å²) in [5.41, 5.74) is 5.16. The van der Waals surface area contributed by atoms with Crippen LogP contribution < -0.4 is 5.46 Å². The number of hydrogen-bond acceptors (Lipinski definition) is 2. The third-order valence-electron chi connectivity index (χ3n) is 8.86. The Bertz CT molecular complexity index is 1680. The fraction of sp³-hybridized carbons (Fsp3) is 0.242. The van der Waals surface area contributed by atoms with Crippen molar-refractivity contribution < 1.29 is 9.31 Å². The first kappa shape index (κ1) is 22.0. The van der Waals surface area contributed by atoms with Gasteiger partial charge in [-0.1, -0.05) is 92.7 Å². The van der Waals surface area contributed by atoms with Crippen LogP contribution in [0.15, 0.2) is 78.9 Å². The molecule has 1 aliphatic carbocycles. The van der Waals surface area contributed by atoms with Crippen molar-refractivity contribution in [1.29, 1.82) is 0 Å². The molecule has 0 spiro atoms. The summed E-state index contributed by atoms with van der Waals surface area (Å²) in [6, 6.07) is 29.0. The van der Waals surface area contributed by atoms with Crippen molar-refractivity contribution in [2.45, 2.75) is 51.2 Å². The van der Waals surface area contributed by atoms with Gasteiger partial charge in [-0.25, -0.2) is 0 Å². The molecule has 1 atom stereocenters. The summed E-state index contributed by atoms with van der Waals surface area (Å²) in [5.74, 6) is 0. The lowest BCUT2D eigenvalue weighted by Crippen LogP contribution is -2.42. The highest BCUT2D eigenvalue weighted by Crippen LogP contribution is 2.53. The van der Waals surface area contributed by atoms with E-state index in [0.717, 1.165) is 5.46 Å².